The third-order valence-corrected chi connectivity index (χ3v) is 3.93. The summed E-state index contributed by atoms with van der Waals surface area (Å²) in [6, 6.07) is 15.3. The second-order valence-electron chi connectivity index (χ2n) is 6.08. The van der Waals surface area contributed by atoms with Crippen molar-refractivity contribution in [1.29, 1.82) is 0 Å². The summed E-state index contributed by atoms with van der Waals surface area (Å²) in [5.41, 5.74) is 3.01. The summed E-state index contributed by atoms with van der Waals surface area (Å²) in [6.45, 7) is 3.04. The topological polar surface area (TPSA) is 91.8 Å². The smallest absolute Gasteiger partial charge is 0.244 e. The largest absolute Gasteiger partial charge is 0.367 e. The summed E-state index contributed by atoms with van der Waals surface area (Å²) in [7, 11) is 0. The summed E-state index contributed by atoms with van der Waals surface area (Å²) >= 11 is 0. The highest BCUT2D eigenvalue weighted by Gasteiger charge is 2.00. The van der Waals surface area contributed by atoms with E-state index in [1.165, 1.54) is 0 Å². The van der Waals surface area contributed by atoms with Crippen LogP contribution in [0.25, 0.3) is 6.08 Å². The van der Waals surface area contributed by atoms with Gasteiger partial charge in [-0.3, -0.25) is 9.78 Å². The third kappa shape index (κ3) is 5.91. The molecule has 0 fully saturated rings. The number of benzene rings is 1. The van der Waals surface area contributed by atoms with E-state index in [-0.39, 0.29) is 5.91 Å². The maximum atomic E-state index is 11.9. The highest BCUT2D eigenvalue weighted by Crippen LogP contribution is 2.12. The number of aromatic nitrogens is 3. The molecule has 3 N–H and O–H groups in total. The van der Waals surface area contributed by atoms with Crippen LogP contribution in [0.2, 0.25) is 0 Å². The molecule has 0 saturated carbocycles. The zero-order chi connectivity index (χ0) is 19.6. The van der Waals surface area contributed by atoms with Crippen molar-refractivity contribution in [3.8, 4) is 0 Å². The Kier molecular flexibility index (Phi) is 6.67. The van der Waals surface area contributed by atoms with Crippen molar-refractivity contribution in [2.24, 2.45) is 0 Å². The van der Waals surface area contributed by atoms with E-state index in [0.29, 0.717) is 24.7 Å². The molecule has 0 saturated heterocycles. The van der Waals surface area contributed by atoms with E-state index in [0.717, 1.165) is 16.8 Å². The van der Waals surface area contributed by atoms with Crippen molar-refractivity contribution < 1.29 is 4.79 Å². The van der Waals surface area contributed by atoms with E-state index < -0.39 is 0 Å². The zero-order valence-corrected chi connectivity index (χ0v) is 15.6. The zero-order valence-electron chi connectivity index (χ0n) is 15.6. The summed E-state index contributed by atoms with van der Waals surface area (Å²) in [5.74, 6) is 1.14. The van der Waals surface area contributed by atoms with Crippen molar-refractivity contribution in [3.63, 3.8) is 0 Å². The molecule has 0 aliphatic rings. The van der Waals surface area contributed by atoms with E-state index >= 15 is 0 Å². The predicted octanol–water partition coefficient (Wildman–Crippen LogP) is 3.17. The van der Waals surface area contributed by atoms with Crippen LogP contribution in [0.4, 0.5) is 17.3 Å². The van der Waals surface area contributed by atoms with Gasteiger partial charge in [0.1, 0.15) is 5.82 Å². The fourth-order valence-corrected chi connectivity index (χ4v) is 2.45. The van der Waals surface area contributed by atoms with Crippen LogP contribution < -0.4 is 16.0 Å². The molecule has 0 bridgehead atoms. The van der Waals surface area contributed by atoms with E-state index in [1.807, 2.05) is 61.5 Å². The number of rotatable bonds is 8. The molecule has 0 unspecified atom stereocenters. The molecule has 0 spiro atoms. The quantitative estimate of drug-likeness (QED) is 0.414. The molecule has 0 aliphatic carbocycles. The van der Waals surface area contributed by atoms with Crippen molar-refractivity contribution >= 4 is 29.3 Å². The van der Waals surface area contributed by atoms with Gasteiger partial charge in [-0.05, 0) is 48.4 Å². The van der Waals surface area contributed by atoms with Crippen LogP contribution in [0.5, 0.6) is 0 Å². The number of carbonyl (C=O) groups excluding carboxylic acids is 1. The molecule has 0 atom stereocenters. The Balaban J connectivity index is 1.39. The highest BCUT2D eigenvalue weighted by molar-refractivity contribution is 5.91. The minimum atomic E-state index is -0.132. The van der Waals surface area contributed by atoms with E-state index in [2.05, 4.69) is 31.1 Å². The van der Waals surface area contributed by atoms with Crippen molar-refractivity contribution in [3.05, 3.63) is 78.1 Å². The van der Waals surface area contributed by atoms with E-state index in [1.54, 1.807) is 18.5 Å². The molecule has 1 amide bonds. The van der Waals surface area contributed by atoms with Gasteiger partial charge in [0.2, 0.25) is 5.91 Å². The van der Waals surface area contributed by atoms with Gasteiger partial charge in [-0.1, -0.05) is 24.3 Å². The maximum absolute atomic E-state index is 11.9. The van der Waals surface area contributed by atoms with Gasteiger partial charge in [-0.2, -0.15) is 0 Å². The molecule has 28 heavy (non-hydrogen) atoms. The first-order chi connectivity index (χ1) is 13.7. The van der Waals surface area contributed by atoms with Gasteiger partial charge in [0.05, 0.1) is 11.9 Å². The molecule has 1 aromatic carbocycles. The summed E-state index contributed by atoms with van der Waals surface area (Å²) in [6.07, 6.45) is 6.78. The molecule has 0 aliphatic heterocycles. The van der Waals surface area contributed by atoms with Gasteiger partial charge in [0.25, 0.3) is 0 Å². The fourth-order valence-electron chi connectivity index (χ4n) is 2.45. The van der Waals surface area contributed by atoms with Gasteiger partial charge in [-0.25, -0.2) is 0 Å². The van der Waals surface area contributed by atoms with Crippen LogP contribution in [0.15, 0.2) is 67.0 Å². The van der Waals surface area contributed by atoms with Crippen LogP contribution in [0.1, 0.15) is 11.1 Å². The van der Waals surface area contributed by atoms with Crippen LogP contribution in [-0.2, 0) is 4.79 Å². The molecule has 142 valence electrons. The minimum absolute atomic E-state index is 0.132. The average molecular weight is 374 g/mol. The Labute approximate surface area is 163 Å². The van der Waals surface area contributed by atoms with E-state index in [4.69, 9.17) is 0 Å². The number of carbonyl (C=O) groups is 1. The number of nitrogens with zero attached hydrogens (tertiary/aromatic N) is 3. The first-order valence-corrected chi connectivity index (χ1v) is 8.97. The van der Waals surface area contributed by atoms with E-state index in [9.17, 15) is 4.79 Å². The van der Waals surface area contributed by atoms with Gasteiger partial charge < -0.3 is 16.0 Å². The second kappa shape index (κ2) is 9.82. The summed E-state index contributed by atoms with van der Waals surface area (Å²) in [4.78, 5) is 15.9. The third-order valence-electron chi connectivity index (χ3n) is 3.93. The first kappa shape index (κ1) is 19.0. The molecule has 2 heterocycles. The Morgan fingerprint density at radius 3 is 2.57 bits per heavy atom. The number of hydrogen-bond donors (Lipinski definition) is 3. The number of anilines is 3. The lowest BCUT2D eigenvalue weighted by molar-refractivity contribution is -0.116. The number of pyridine rings is 1. The highest BCUT2D eigenvalue weighted by atomic mass is 16.1. The molecule has 0 radical (unpaired) electrons. The summed E-state index contributed by atoms with van der Waals surface area (Å²) < 4.78 is 0. The lowest BCUT2D eigenvalue weighted by Crippen LogP contribution is -2.27. The molecule has 3 aromatic rings. The van der Waals surface area contributed by atoms with Gasteiger partial charge in [-0.15, -0.1) is 10.2 Å². The van der Waals surface area contributed by atoms with Crippen molar-refractivity contribution in [2.75, 3.05) is 23.7 Å². The predicted molar refractivity (Wildman–Crippen MR) is 111 cm³/mol. The van der Waals surface area contributed by atoms with Gasteiger partial charge in [0, 0.05) is 25.4 Å². The SMILES string of the molecule is Cc1ccccc1/C=C/C(=O)NCCNc1ccc(Nc2cccnc2)nn1. The molecular formula is C21H22N6O. The monoisotopic (exact) mass is 374 g/mol. The lowest BCUT2D eigenvalue weighted by Gasteiger charge is -2.07. The first-order valence-electron chi connectivity index (χ1n) is 8.97. The van der Waals surface area contributed by atoms with Gasteiger partial charge >= 0.3 is 0 Å². The number of hydrogen-bond acceptors (Lipinski definition) is 6. The van der Waals surface area contributed by atoms with Crippen LogP contribution in [0.3, 0.4) is 0 Å². The molecule has 7 nitrogen and oxygen atoms in total. The number of nitrogens with one attached hydrogen (secondary N) is 3. The molecule has 7 heteroatoms. The Hall–Kier alpha value is -3.74. The lowest BCUT2D eigenvalue weighted by atomic mass is 10.1. The van der Waals surface area contributed by atoms with Crippen LogP contribution >= 0.6 is 0 Å². The van der Waals surface area contributed by atoms with Crippen molar-refractivity contribution in [1.82, 2.24) is 20.5 Å². The Morgan fingerprint density at radius 2 is 1.82 bits per heavy atom. The average Bonchev–Trinajstić information content (AvgIpc) is 2.72. The van der Waals surface area contributed by atoms with Gasteiger partial charge in [0.15, 0.2) is 5.82 Å². The molecular weight excluding hydrogens is 352 g/mol. The maximum Gasteiger partial charge on any atom is 0.244 e. The Morgan fingerprint density at radius 1 is 1.00 bits per heavy atom. The minimum Gasteiger partial charge on any atom is -0.367 e. The van der Waals surface area contributed by atoms with Crippen molar-refractivity contribution in [2.45, 2.75) is 6.92 Å². The van der Waals surface area contributed by atoms with Crippen LogP contribution in [0, 0.1) is 6.92 Å². The normalized spacial score (nSPS) is 10.6. The summed E-state index contributed by atoms with van der Waals surface area (Å²) in [5, 5.41) is 17.3. The van der Waals surface area contributed by atoms with Crippen LogP contribution in [-0.4, -0.2) is 34.2 Å². The Bertz CT molecular complexity index is 925. The number of amides is 1. The fraction of sp³-hybridized carbons (Fsp3) is 0.143. The molecule has 2 aromatic heterocycles. The number of aryl methyl sites for hydroxylation is 1. The second-order valence-corrected chi connectivity index (χ2v) is 6.08. The standard InChI is InChI=1S/C21H22N6O/c1-16-5-2-3-6-17(16)8-11-21(28)24-14-13-23-19-9-10-20(27-26-19)25-18-7-4-12-22-15-18/h2-12,15H,13-14H2,1H3,(H,23,26)(H,24,28)(H,25,27)/b11-8+. The molecule has 3 rings (SSSR count).